The van der Waals surface area contributed by atoms with E-state index in [4.69, 9.17) is 16.3 Å². The van der Waals surface area contributed by atoms with Crippen LogP contribution in [0.4, 0.5) is 0 Å². The smallest absolute Gasteiger partial charge is 0.120 e. The molecular weight excluding hydrogens is 269 g/mol. The van der Waals surface area contributed by atoms with Gasteiger partial charge in [0.15, 0.2) is 0 Å². The molecule has 1 N–H and O–H groups in total. The minimum Gasteiger partial charge on any atom is -0.360 e. The minimum absolute atomic E-state index is 0. The van der Waals surface area contributed by atoms with Gasteiger partial charge in [-0.3, -0.25) is 5.32 Å². The van der Waals surface area contributed by atoms with Crippen LogP contribution in [0.5, 0.6) is 0 Å². The number of hydrogen-bond donors (Lipinski definition) is 1. The number of halogens is 2. The molecule has 2 nitrogen and oxygen atoms in total. The maximum atomic E-state index is 5.99. The van der Waals surface area contributed by atoms with Crippen molar-refractivity contribution in [2.75, 3.05) is 13.2 Å². The van der Waals surface area contributed by atoms with Gasteiger partial charge in [0, 0.05) is 23.4 Å². The summed E-state index contributed by atoms with van der Waals surface area (Å²) in [4.78, 5) is 0. The van der Waals surface area contributed by atoms with Crippen LogP contribution >= 0.6 is 24.0 Å². The first-order valence-electron chi connectivity index (χ1n) is 6.02. The molecule has 1 aliphatic rings. The van der Waals surface area contributed by atoms with Crippen LogP contribution in [0.3, 0.4) is 0 Å². The van der Waals surface area contributed by atoms with E-state index in [0.29, 0.717) is 0 Å². The van der Waals surface area contributed by atoms with Gasteiger partial charge in [-0.15, -0.1) is 12.4 Å². The highest BCUT2D eigenvalue weighted by Gasteiger charge is 2.35. The fourth-order valence-corrected chi connectivity index (χ4v) is 2.25. The monoisotopic (exact) mass is 289 g/mol. The van der Waals surface area contributed by atoms with Crippen molar-refractivity contribution in [2.45, 2.75) is 32.9 Å². The molecule has 1 heterocycles. The Balaban J connectivity index is 0.00000162. The number of rotatable bonds is 2. The average molecular weight is 290 g/mol. The fraction of sp³-hybridized carbons (Fsp3) is 0.571. The van der Waals surface area contributed by atoms with Gasteiger partial charge in [0.2, 0.25) is 0 Å². The second kappa shape index (κ2) is 5.79. The third kappa shape index (κ3) is 4.13. The molecule has 2 rings (SSSR count). The highest BCUT2D eigenvalue weighted by molar-refractivity contribution is 6.30. The van der Waals surface area contributed by atoms with E-state index in [1.807, 2.05) is 18.2 Å². The summed E-state index contributed by atoms with van der Waals surface area (Å²) < 4.78 is 5.97. The van der Waals surface area contributed by atoms with Crippen molar-refractivity contribution < 1.29 is 4.74 Å². The summed E-state index contributed by atoms with van der Waals surface area (Å²) in [7, 11) is 0. The SMILES string of the molecule is CC1(C)CNC(C)(Cc2cccc(Cl)c2)OC1.Cl. The normalized spacial score (nSPS) is 26.4. The zero-order valence-electron chi connectivity index (χ0n) is 11.1. The molecule has 4 heteroatoms. The van der Waals surface area contributed by atoms with Crippen LogP contribution in [0, 0.1) is 5.41 Å². The molecule has 0 spiro atoms. The fourth-order valence-electron chi connectivity index (χ4n) is 2.03. The van der Waals surface area contributed by atoms with Crippen LogP contribution in [-0.2, 0) is 11.2 Å². The first-order chi connectivity index (χ1) is 7.89. The Kier molecular flexibility index (Phi) is 5.07. The first-order valence-corrected chi connectivity index (χ1v) is 6.40. The maximum Gasteiger partial charge on any atom is 0.120 e. The summed E-state index contributed by atoms with van der Waals surface area (Å²) in [5.41, 5.74) is 1.14. The van der Waals surface area contributed by atoms with Crippen molar-refractivity contribution in [1.29, 1.82) is 0 Å². The van der Waals surface area contributed by atoms with Crippen molar-refractivity contribution in [2.24, 2.45) is 5.41 Å². The lowest BCUT2D eigenvalue weighted by Crippen LogP contribution is -2.56. The van der Waals surface area contributed by atoms with Crippen molar-refractivity contribution in [3.05, 3.63) is 34.9 Å². The van der Waals surface area contributed by atoms with Crippen LogP contribution < -0.4 is 5.32 Å². The Morgan fingerprint density at radius 2 is 2.06 bits per heavy atom. The zero-order valence-corrected chi connectivity index (χ0v) is 12.7. The summed E-state index contributed by atoms with van der Waals surface area (Å²) in [5.74, 6) is 0. The molecule has 1 unspecified atom stereocenters. The van der Waals surface area contributed by atoms with Crippen molar-refractivity contribution in [3.63, 3.8) is 0 Å². The minimum atomic E-state index is -0.278. The van der Waals surface area contributed by atoms with E-state index in [2.05, 4.69) is 32.2 Å². The molecular formula is C14H21Cl2NO. The Morgan fingerprint density at radius 1 is 1.33 bits per heavy atom. The van der Waals surface area contributed by atoms with Crippen LogP contribution in [-0.4, -0.2) is 18.9 Å². The van der Waals surface area contributed by atoms with Gasteiger partial charge in [0.05, 0.1) is 6.61 Å². The number of ether oxygens (including phenoxy) is 1. The van der Waals surface area contributed by atoms with Crippen molar-refractivity contribution in [3.8, 4) is 0 Å². The highest BCUT2D eigenvalue weighted by Crippen LogP contribution is 2.27. The zero-order chi connectivity index (χ0) is 12.5. The molecule has 1 fully saturated rings. The molecule has 0 aliphatic carbocycles. The van der Waals surface area contributed by atoms with Crippen LogP contribution in [0.2, 0.25) is 5.02 Å². The van der Waals surface area contributed by atoms with E-state index in [9.17, 15) is 0 Å². The third-order valence-corrected chi connectivity index (χ3v) is 3.39. The lowest BCUT2D eigenvalue weighted by atomic mass is 9.90. The molecule has 1 aromatic rings. The summed E-state index contributed by atoms with van der Waals surface area (Å²) in [6.07, 6.45) is 0.837. The van der Waals surface area contributed by atoms with Crippen molar-refractivity contribution >= 4 is 24.0 Å². The topological polar surface area (TPSA) is 21.3 Å². The van der Waals surface area contributed by atoms with Gasteiger partial charge in [-0.2, -0.15) is 0 Å². The Hall–Kier alpha value is -0.280. The van der Waals surface area contributed by atoms with E-state index in [0.717, 1.165) is 24.6 Å². The average Bonchev–Trinajstić information content (AvgIpc) is 2.24. The number of nitrogens with one attached hydrogen (secondary N) is 1. The molecule has 1 aliphatic heterocycles. The molecule has 18 heavy (non-hydrogen) atoms. The standard InChI is InChI=1S/C14H20ClNO.ClH/c1-13(2)9-16-14(3,17-10-13)8-11-5-4-6-12(15)7-11;/h4-7,16H,8-10H2,1-3H3;1H. The predicted octanol–water partition coefficient (Wildman–Crippen LogP) is 3.67. The lowest BCUT2D eigenvalue weighted by molar-refractivity contribution is -0.125. The van der Waals surface area contributed by atoms with Gasteiger partial charge in [-0.05, 0) is 24.6 Å². The molecule has 0 radical (unpaired) electrons. The van der Waals surface area contributed by atoms with E-state index in [1.165, 1.54) is 5.56 Å². The Bertz CT molecular complexity index is 397. The predicted molar refractivity (Wildman–Crippen MR) is 78.5 cm³/mol. The van der Waals surface area contributed by atoms with Crippen LogP contribution in [0.1, 0.15) is 26.3 Å². The lowest BCUT2D eigenvalue weighted by Gasteiger charge is -2.42. The highest BCUT2D eigenvalue weighted by atomic mass is 35.5. The molecule has 0 saturated carbocycles. The van der Waals surface area contributed by atoms with Gasteiger partial charge in [0.25, 0.3) is 0 Å². The van der Waals surface area contributed by atoms with E-state index >= 15 is 0 Å². The molecule has 1 aromatic carbocycles. The summed E-state index contributed by atoms with van der Waals surface area (Å²) in [6, 6.07) is 7.96. The van der Waals surface area contributed by atoms with Gasteiger partial charge in [0.1, 0.15) is 5.72 Å². The molecule has 0 aromatic heterocycles. The van der Waals surface area contributed by atoms with Gasteiger partial charge >= 0.3 is 0 Å². The second-order valence-electron chi connectivity index (χ2n) is 5.84. The summed E-state index contributed by atoms with van der Waals surface area (Å²) >= 11 is 5.99. The maximum absolute atomic E-state index is 5.99. The Labute approximate surface area is 120 Å². The molecule has 0 amide bonds. The van der Waals surface area contributed by atoms with Gasteiger partial charge < -0.3 is 4.74 Å². The molecule has 0 bridgehead atoms. The Morgan fingerprint density at radius 3 is 2.61 bits per heavy atom. The molecule has 102 valence electrons. The van der Waals surface area contributed by atoms with E-state index in [1.54, 1.807) is 0 Å². The van der Waals surface area contributed by atoms with Crippen LogP contribution in [0.25, 0.3) is 0 Å². The quantitative estimate of drug-likeness (QED) is 0.897. The van der Waals surface area contributed by atoms with Crippen molar-refractivity contribution in [1.82, 2.24) is 5.32 Å². The molecule has 1 saturated heterocycles. The third-order valence-electron chi connectivity index (χ3n) is 3.15. The second-order valence-corrected chi connectivity index (χ2v) is 6.28. The van der Waals surface area contributed by atoms with Gasteiger partial charge in [-0.1, -0.05) is 37.6 Å². The van der Waals surface area contributed by atoms with E-state index < -0.39 is 0 Å². The molecule has 1 atom stereocenters. The van der Waals surface area contributed by atoms with Gasteiger partial charge in [-0.25, -0.2) is 0 Å². The number of benzene rings is 1. The largest absolute Gasteiger partial charge is 0.360 e. The number of hydrogen-bond acceptors (Lipinski definition) is 2. The van der Waals surface area contributed by atoms with Crippen LogP contribution in [0.15, 0.2) is 24.3 Å². The first kappa shape index (κ1) is 15.8. The summed E-state index contributed by atoms with van der Waals surface area (Å²) in [6.45, 7) is 8.28. The summed E-state index contributed by atoms with van der Waals surface area (Å²) in [5, 5.41) is 4.27. The van der Waals surface area contributed by atoms with E-state index in [-0.39, 0.29) is 23.5 Å².